The second-order valence-corrected chi connectivity index (χ2v) is 7.49. The quantitative estimate of drug-likeness (QED) is 0.458. The summed E-state index contributed by atoms with van der Waals surface area (Å²) in [6, 6.07) is 13.8. The molecule has 1 aromatic carbocycles. The van der Waals surface area contributed by atoms with Crippen molar-refractivity contribution in [2.24, 2.45) is 0 Å². The smallest absolute Gasteiger partial charge is 0.251 e. The lowest BCUT2D eigenvalue weighted by Gasteiger charge is -2.18. The molecule has 0 saturated heterocycles. The molecular formula is C23H19ClFN5O2. The minimum Gasteiger partial charge on any atom is -0.394 e. The summed E-state index contributed by atoms with van der Waals surface area (Å²) < 4.78 is 15.2. The SMILES string of the molecule is Cc1cccc(Nc2nccc(-c3ccn(C(CO)c4ccc(Cl)c(F)c4)c(=O)c3)n2)n1. The van der Waals surface area contributed by atoms with Crippen LogP contribution >= 0.6 is 11.6 Å². The molecule has 9 heteroatoms. The van der Waals surface area contributed by atoms with Crippen molar-refractivity contribution < 1.29 is 9.50 Å². The Balaban J connectivity index is 1.63. The van der Waals surface area contributed by atoms with E-state index in [2.05, 4.69) is 20.3 Å². The monoisotopic (exact) mass is 451 g/mol. The van der Waals surface area contributed by atoms with Crippen LogP contribution in [0.15, 0.2) is 71.8 Å². The average Bonchev–Trinajstić information content (AvgIpc) is 2.78. The number of nitrogens with one attached hydrogen (secondary N) is 1. The molecule has 0 aliphatic carbocycles. The summed E-state index contributed by atoms with van der Waals surface area (Å²) in [4.78, 5) is 25.8. The van der Waals surface area contributed by atoms with Crippen molar-refractivity contribution in [2.75, 3.05) is 11.9 Å². The normalized spacial score (nSPS) is 11.9. The number of pyridine rings is 2. The Morgan fingerprint density at radius 1 is 1.16 bits per heavy atom. The summed E-state index contributed by atoms with van der Waals surface area (Å²) in [6.45, 7) is 1.50. The molecule has 0 spiro atoms. The van der Waals surface area contributed by atoms with Crippen molar-refractivity contribution in [3.63, 3.8) is 0 Å². The predicted octanol–water partition coefficient (Wildman–Crippen LogP) is 4.13. The number of aliphatic hydroxyl groups is 1. The van der Waals surface area contributed by atoms with E-state index in [0.29, 0.717) is 28.6 Å². The molecule has 7 nitrogen and oxygen atoms in total. The maximum Gasteiger partial charge on any atom is 0.251 e. The Labute approximate surface area is 188 Å². The van der Waals surface area contributed by atoms with Crippen LogP contribution in [0.1, 0.15) is 17.3 Å². The maximum absolute atomic E-state index is 13.9. The molecule has 0 aliphatic rings. The zero-order valence-corrected chi connectivity index (χ0v) is 17.8. The van der Waals surface area contributed by atoms with Crippen LogP contribution in [0.3, 0.4) is 0 Å². The summed E-state index contributed by atoms with van der Waals surface area (Å²) in [5, 5.41) is 12.9. The standard InChI is InChI=1S/C23H19ClFN5O2/c1-14-3-2-4-21(27-14)29-23-26-9-7-19(28-23)15-8-10-30(22(32)12-15)20(13-31)16-5-6-17(24)18(25)11-16/h2-12,20,31H,13H2,1H3,(H,26,27,28,29). The van der Waals surface area contributed by atoms with Crippen molar-refractivity contribution >= 4 is 23.4 Å². The minimum atomic E-state index is -0.752. The van der Waals surface area contributed by atoms with Crippen LogP contribution in [0, 0.1) is 12.7 Å². The Bertz CT molecular complexity index is 1330. The molecule has 3 heterocycles. The van der Waals surface area contributed by atoms with Gasteiger partial charge in [0.1, 0.15) is 11.6 Å². The fraction of sp³-hybridized carbons (Fsp3) is 0.130. The van der Waals surface area contributed by atoms with Crippen LogP contribution in [0.2, 0.25) is 5.02 Å². The Hall–Kier alpha value is -3.62. The third kappa shape index (κ3) is 4.66. The number of aryl methyl sites for hydroxylation is 1. The van der Waals surface area contributed by atoms with E-state index in [9.17, 15) is 14.3 Å². The van der Waals surface area contributed by atoms with Gasteiger partial charge in [-0.3, -0.25) is 4.79 Å². The first-order valence-electron chi connectivity index (χ1n) is 9.76. The lowest BCUT2D eigenvalue weighted by Crippen LogP contribution is -2.27. The summed E-state index contributed by atoms with van der Waals surface area (Å²) in [6.07, 6.45) is 3.13. The van der Waals surface area contributed by atoms with Crippen molar-refractivity contribution in [3.05, 3.63) is 99.4 Å². The van der Waals surface area contributed by atoms with E-state index in [4.69, 9.17) is 11.6 Å². The van der Waals surface area contributed by atoms with Gasteiger partial charge in [-0.05, 0) is 48.9 Å². The number of halogens is 2. The highest BCUT2D eigenvalue weighted by atomic mass is 35.5. The van der Waals surface area contributed by atoms with Crippen molar-refractivity contribution in [1.82, 2.24) is 19.5 Å². The topological polar surface area (TPSA) is 92.9 Å². The molecule has 1 unspecified atom stereocenters. The van der Waals surface area contributed by atoms with E-state index in [0.717, 1.165) is 5.69 Å². The molecule has 4 aromatic rings. The van der Waals surface area contributed by atoms with Gasteiger partial charge in [0, 0.05) is 29.7 Å². The van der Waals surface area contributed by atoms with Gasteiger partial charge in [0.25, 0.3) is 5.56 Å². The Morgan fingerprint density at radius 2 is 2.00 bits per heavy atom. The first-order valence-corrected chi connectivity index (χ1v) is 10.1. The van der Waals surface area contributed by atoms with Crippen LogP contribution in [0.25, 0.3) is 11.3 Å². The highest BCUT2D eigenvalue weighted by Crippen LogP contribution is 2.23. The van der Waals surface area contributed by atoms with E-state index in [1.165, 1.54) is 22.8 Å². The molecule has 0 saturated carbocycles. The molecule has 4 rings (SSSR count). The van der Waals surface area contributed by atoms with Crippen LogP contribution in [-0.4, -0.2) is 31.2 Å². The molecule has 0 amide bonds. The highest BCUT2D eigenvalue weighted by molar-refractivity contribution is 6.30. The number of hydrogen-bond donors (Lipinski definition) is 2. The third-order valence-corrected chi connectivity index (χ3v) is 5.17. The maximum atomic E-state index is 13.9. The highest BCUT2D eigenvalue weighted by Gasteiger charge is 2.16. The molecule has 0 fully saturated rings. The number of hydrogen-bond acceptors (Lipinski definition) is 6. The van der Waals surface area contributed by atoms with Crippen LogP contribution in [-0.2, 0) is 0 Å². The number of aromatic nitrogens is 4. The molecular weight excluding hydrogens is 433 g/mol. The van der Waals surface area contributed by atoms with Crippen molar-refractivity contribution in [2.45, 2.75) is 13.0 Å². The van der Waals surface area contributed by atoms with Gasteiger partial charge in [0.15, 0.2) is 0 Å². The molecule has 3 aromatic heterocycles. The summed E-state index contributed by atoms with van der Waals surface area (Å²) in [5.41, 5.74) is 2.04. The number of nitrogens with zero attached hydrogens (tertiary/aromatic N) is 4. The molecule has 0 bridgehead atoms. The molecule has 32 heavy (non-hydrogen) atoms. The van der Waals surface area contributed by atoms with E-state index >= 15 is 0 Å². The number of aliphatic hydroxyl groups excluding tert-OH is 1. The van der Waals surface area contributed by atoms with E-state index in [-0.39, 0.29) is 17.2 Å². The first-order chi connectivity index (χ1) is 15.4. The molecule has 162 valence electrons. The first kappa shape index (κ1) is 21.6. The zero-order valence-electron chi connectivity index (χ0n) is 17.0. The fourth-order valence-corrected chi connectivity index (χ4v) is 3.40. The van der Waals surface area contributed by atoms with Gasteiger partial charge in [0.05, 0.1) is 23.4 Å². The molecule has 0 aliphatic heterocycles. The Morgan fingerprint density at radius 3 is 2.72 bits per heavy atom. The fourth-order valence-electron chi connectivity index (χ4n) is 3.29. The zero-order chi connectivity index (χ0) is 22.7. The Kier molecular flexibility index (Phi) is 6.25. The summed E-state index contributed by atoms with van der Waals surface area (Å²) in [5.74, 6) is 0.338. The van der Waals surface area contributed by atoms with E-state index in [1.54, 1.807) is 36.7 Å². The summed E-state index contributed by atoms with van der Waals surface area (Å²) in [7, 11) is 0. The molecule has 0 radical (unpaired) electrons. The van der Waals surface area contributed by atoms with Crippen LogP contribution in [0.5, 0.6) is 0 Å². The van der Waals surface area contributed by atoms with Gasteiger partial charge in [0.2, 0.25) is 5.95 Å². The number of anilines is 2. The van der Waals surface area contributed by atoms with Crippen LogP contribution < -0.4 is 10.9 Å². The van der Waals surface area contributed by atoms with Crippen molar-refractivity contribution in [3.8, 4) is 11.3 Å². The van der Waals surface area contributed by atoms with Crippen LogP contribution in [0.4, 0.5) is 16.2 Å². The molecule has 2 N–H and O–H groups in total. The van der Waals surface area contributed by atoms with Gasteiger partial charge in [-0.1, -0.05) is 23.7 Å². The largest absolute Gasteiger partial charge is 0.394 e. The summed E-state index contributed by atoms with van der Waals surface area (Å²) >= 11 is 5.74. The van der Waals surface area contributed by atoms with E-state index < -0.39 is 11.9 Å². The second-order valence-electron chi connectivity index (χ2n) is 7.09. The van der Waals surface area contributed by atoms with E-state index in [1.807, 2.05) is 19.1 Å². The molecule has 1 atom stereocenters. The van der Waals surface area contributed by atoms with Gasteiger partial charge < -0.3 is 15.0 Å². The van der Waals surface area contributed by atoms with Gasteiger partial charge in [-0.25, -0.2) is 19.3 Å². The lowest BCUT2D eigenvalue weighted by molar-refractivity contribution is 0.247. The van der Waals surface area contributed by atoms with Gasteiger partial charge >= 0.3 is 0 Å². The minimum absolute atomic E-state index is 0.0258. The van der Waals surface area contributed by atoms with Gasteiger partial charge in [-0.2, -0.15) is 0 Å². The van der Waals surface area contributed by atoms with Gasteiger partial charge in [-0.15, -0.1) is 0 Å². The average molecular weight is 452 g/mol. The van der Waals surface area contributed by atoms with Crippen molar-refractivity contribution in [1.29, 1.82) is 0 Å². The lowest BCUT2D eigenvalue weighted by atomic mass is 10.1. The predicted molar refractivity (Wildman–Crippen MR) is 121 cm³/mol. The third-order valence-electron chi connectivity index (χ3n) is 4.86. The second kappa shape index (κ2) is 9.25. The number of rotatable bonds is 6. The number of benzene rings is 1.